The summed E-state index contributed by atoms with van der Waals surface area (Å²) in [7, 11) is 0. The molecule has 1 aliphatic heterocycles. The highest BCUT2D eigenvalue weighted by molar-refractivity contribution is 5.33. The van der Waals surface area contributed by atoms with Crippen LogP contribution < -0.4 is 0 Å². The van der Waals surface area contributed by atoms with Gasteiger partial charge in [0.2, 0.25) is 0 Å². The lowest BCUT2D eigenvalue weighted by molar-refractivity contribution is -0.143. The van der Waals surface area contributed by atoms with Crippen LogP contribution in [-0.2, 0) is 30.2 Å². The number of hydrogen-bond donors (Lipinski definition) is 0. The van der Waals surface area contributed by atoms with Crippen LogP contribution in [0.1, 0.15) is 47.0 Å². The van der Waals surface area contributed by atoms with Gasteiger partial charge in [0.1, 0.15) is 0 Å². The van der Waals surface area contributed by atoms with E-state index in [2.05, 4.69) is 20.1 Å². The topological polar surface area (TPSA) is 51.1 Å². The molecule has 35 heavy (non-hydrogen) atoms. The van der Waals surface area contributed by atoms with Crippen molar-refractivity contribution in [2.24, 2.45) is 0 Å². The summed E-state index contributed by atoms with van der Waals surface area (Å²) in [5, 5.41) is 7.87. The number of halogens is 6. The molecule has 2 aromatic carbocycles. The zero-order valence-corrected chi connectivity index (χ0v) is 18.4. The second-order valence-electron chi connectivity index (χ2n) is 8.29. The van der Waals surface area contributed by atoms with Crippen LogP contribution in [-0.4, -0.2) is 32.7 Å². The summed E-state index contributed by atoms with van der Waals surface area (Å²) in [6, 6.07) is 10.6. The highest BCUT2D eigenvalue weighted by Crippen LogP contribution is 2.38. The van der Waals surface area contributed by atoms with E-state index in [1.165, 1.54) is 12.4 Å². The first-order valence-corrected chi connectivity index (χ1v) is 10.9. The number of benzene rings is 2. The first-order chi connectivity index (χ1) is 16.6. The maximum Gasteiger partial charge on any atom is 0.416 e. The van der Waals surface area contributed by atoms with Crippen molar-refractivity contribution in [2.45, 2.75) is 50.5 Å². The quantitative estimate of drug-likeness (QED) is 0.402. The van der Waals surface area contributed by atoms with Crippen molar-refractivity contribution in [1.82, 2.24) is 20.1 Å². The number of piperidine rings is 1. The summed E-state index contributed by atoms with van der Waals surface area (Å²) in [4.78, 5) is 6.31. The molecule has 1 fully saturated rings. The van der Waals surface area contributed by atoms with Crippen molar-refractivity contribution in [3.05, 3.63) is 89.0 Å². The number of rotatable bonds is 6. The summed E-state index contributed by atoms with van der Waals surface area (Å²) in [6.07, 6.45) is -5.97. The predicted molar refractivity (Wildman–Crippen MR) is 114 cm³/mol. The minimum Gasteiger partial charge on any atom is -0.372 e. The van der Waals surface area contributed by atoms with E-state index in [-0.39, 0.29) is 17.7 Å². The highest BCUT2D eigenvalue weighted by Gasteiger charge is 2.38. The normalized spacial score (nSPS) is 19.6. The molecule has 0 spiro atoms. The third-order valence-electron chi connectivity index (χ3n) is 5.81. The third kappa shape index (κ3) is 6.34. The molecule has 4 rings (SSSR count). The maximum absolute atomic E-state index is 13.2. The predicted octanol–water partition coefficient (Wildman–Crippen LogP) is 5.83. The summed E-state index contributed by atoms with van der Waals surface area (Å²) >= 11 is 0. The third-order valence-corrected chi connectivity index (χ3v) is 5.81. The van der Waals surface area contributed by atoms with E-state index in [0.717, 1.165) is 12.0 Å². The van der Waals surface area contributed by atoms with Crippen LogP contribution in [0.3, 0.4) is 0 Å². The van der Waals surface area contributed by atoms with Crippen molar-refractivity contribution >= 4 is 0 Å². The largest absolute Gasteiger partial charge is 0.416 e. The first-order valence-electron chi connectivity index (χ1n) is 10.9. The number of aromatic nitrogens is 3. The van der Waals surface area contributed by atoms with Crippen molar-refractivity contribution in [3.8, 4) is 0 Å². The molecule has 0 unspecified atom stereocenters. The van der Waals surface area contributed by atoms with Crippen molar-refractivity contribution < 1.29 is 31.1 Å². The van der Waals surface area contributed by atoms with Crippen LogP contribution in [0.2, 0.25) is 0 Å². The fourth-order valence-corrected chi connectivity index (χ4v) is 4.29. The van der Waals surface area contributed by atoms with Gasteiger partial charge >= 0.3 is 12.4 Å². The van der Waals surface area contributed by atoms with Crippen molar-refractivity contribution in [2.75, 3.05) is 6.54 Å². The Hall–Kier alpha value is -3.05. The van der Waals surface area contributed by atoms with Gasteiger partial charge in [0.15, 0.2) is 5.82 Å². The van der Waals surface area contributed by atoms with Crippen LogP contribution in [0.5, 0.6) is 0 Å². The van der Waals surface area contributed by atoms with Crippen LogP contribution in [0, 0.1) is 0 Å². The summed E-state index contributed by atoms with van der Waals surface area (Å²) < 4.78 is 85.5. The Morgan fingerprint density at radius 2 is 1.60 bits per heavy atom. The number of alkyl halides is 6. The Morgan fingerprint density at radius 1 is 0.914 bits per heavy atom. The average molecular weight is 496 g/mol. The Balaban J connectivity index is 1.60. The molecule has 0 saturated carbocycles. The molecule has 1 saturated heterocycles. The molecule has 2 heterocycles. The van der Waals surface area contributed by atoms with Gasteiger partial charge in [0.05, 0.1) is 42.6 Å². The zero-order chi connectivity index (χ0) is 25.1. The van der Waals surface area contributed by atoms with E-state index >= 15 is 0 Å². The summed E-state index contributed by atoms with van der Waals surface area (Å²) in [5.74, 6) is 0.502. The van der Waals surface area contributed by atoms with Gasteiger partial charge in [-0.2, -0.15) is 31.4 Å². The standard InChI is InChI=1S/C24H22F6N4O/c25-23(26,27)18-11-16(12-19(13-18)24(28,29)30)15-35-20-7-4-10-34(14-21-31-8-9-32-33-21)22(20)17-5-2-1-3-6-17/h1-3,5-6,8-9,11-13,20,22H,4,7,10,14-15H2/t20-,22-/m0/s1. The van der Waals surface area contributed by atoms with E-state index in [4.69, 9.17) is 4.74 Å². The lowest BCUT2D eigenvalue weighted by Crippen LogP contribution is -2.42. The molecule has 0 aliphatic carbocycles. The molecule has 0 amide bonds. The number of nitrogens with zero attached hydrogens (tertiary/aromatic N) is 4. The second-order valence-corrected chi connectivity index (χ2v) is 8.29. The average Bonchev–Trinajstić information content (AvgIpc) is 2.83. The number of hydrogen-bond acceptors (Lipinski definition) is 5. The lowest BCUT2D eigenvalue weighted by atomic mass is 9.92. The molecular formula is C24H22F6N4O. The Labute approximate surface area is 197 Å². The van der Waals surface area contributed by atoms with Gasteiger partial charge in [-0.05, 0) is 48.7 Å². The molecule has 186 valence electrons. The Bertz CT molecular complexity index is 1080. The van der Waals surface area contributed by atoms with E-state index in [9.17, 15) is 26.3 Å². The van der Waals surface area contributed by atoms with Gasteiger partial charge < -0.3 is 4.74 Å². The Morgan fingerprint density at radius 3 is 2.20 bits per heavy atom. The van der Waals surface area contributed by atoms with Gasteiger partial charge in [-0.25, -0.2) is 4.98 Å². The molecule has 11 heteroatoms. The second kappa shape index (κ2) is 10.3. The van der Waals surface area contributed by atoms with Crippen LogP contribution in [0.25, 0.3) is 0 Å². The van der Waals surface area contributed by atoms with Gasteiger partial charge in [-0.3, -0.25) is 4.90 Å². The molecular weight excluding hydrogens is 474 g/mol. The van der Waals surface area contributed by atoms with E-state index in [1.54, 1.807) is 0 Å². The van der Waals surface area contributed by atoms with Crippen molar-refractivity contribution in [3.63, 3.8) is 0 Å². The van der Waals surface area contributed by atoms with E-state index < -0.39 is 36.2 Å². The van der Waals surface area contributed by atoms with Crippen LogP contribution in [0.15, 0.2) is 60.9 Å². The van der Waals surface area contributed by atoms with E-state index in [1.807, 2.05) is 30.3 Å². The van der Waals surface area contributed by atoms with Crippen LogP contribution in [0.4, 0.5) is 26.3 Å². The summed E-state index contributed by atoms with van der Waals surface area (Å²) in [6.45, 7) is 0.673. The van der Waals surface area contributed by atoms with Crippen molar-refractivity contribution in [1.29, 1.82) is 0 Å². The molecule has 5 nitrogen and oxygen atoms in total. The lowest BCUT2D eigenvalue weighted by Gasteiger charge is -2.41. The number of ether oxygens (including phenoxy) is 1. The molecule has 1 aromatic heterocycles. The van der Waals surface area contributed by atoms with E-state index in [0.29, 0.717) is 37.5 Å². The fourth-order valence-electron chi connectivity index (χ4n) is 4.29. The smallest absolute Gasteiger partial charge is 0.372 e. The molecule has 1 aliphatic rings. The molecule has 3 aromatic rings. The molecule has 0 N–H and O–H groups in total. The van der Waals surface area contributed by atoms with Gasteiger partial charge in [-0.15, -0.1) is 5.10 Å². The number of likely N-dealkylation sites (tertiary alicyclic amines) is 1. The minimum atomic E-state index is -4.91. The zero-order valence-electron chi connectivity index (χ0n) is 18.4. The van der Waals surface area contributed by atoms with Gasteiger partial charge in [0, 0.05) is 6.20 Å². The highest BCUT2D eigenvalue weighted by atomic mass is 19.4. The molecule has 0 radical (unpaired) electrons. The van der Waals surface area contributed by atoms with Gasteiger partial charge in [-0.1, -0.05) is 30.3 Å². The minimum absolute atomic E-state index is 0.118. The fraction of sp³-hybridized carbons (Fsp3) is 0.375. The van der Waals surface area contributed by atoms with Crippen LogP contribution >= 0.6 is 0 Å². The SMILES string of the molecule is FC(F)(F)c1cc(CO[C@H]2CCCN(Cc3nccnn3)[C@H]2c2ccccc2)cc(C(F)(F)F)c1. The molecule has 2 atom stereocenters. The maximum atomic E-state index is 13.2. The Kier molecular flexibility index (Phi) is 7.36. The molecule has 0 bridgehead atoms. The summed E-state index contributed by atoms with van der Waals surface area (Å²) in [5.41, 5.74) is -1.98. The first kappa shape index (κ1) is 25.1. The monoisotopic (exact) mass is 496 g/mol. The van der Waals surface area contributed by atoms with Gasteiger partial charge in [0.25, 0.3) is 0 Å².